The second-order valence-electron chi connectivity index (χ2n) is 8.35. The summed E-state index contributed by atoms with van der Waals surface area (Å²) in [7, 11) is -3.36. The van der Waals surface area contributed by atoms with Crippen molar-refractivity contribution in [3.05, 3.63) is 23.8 Å². The van der Waals surface area contributed by atoms with E-state index in [4.69, 9.17) is 0 Å². The number of nitrogens with one attached hydrogen (secondary N) is 1. The Morgan fingerprint density at radius 2 is 1.96 bits per heavy atom. The largest absolute Gasteiger partial charge is 0.337 e. The monoisotopic (exact) mass is 393 g/mol. The van der Waals surface area contributed by atoms with Gasteiger partial charge < -0.3 is 10.2 Å². The standard InChI is InChI=1S/C19H27N3O4S/c1-19(2,3)21-12-14(10-17(21)23)18(24)20-15-8-7-13-6-5-9-22(16(13)11-15)27(4,25)26/h7-8,11,14H,5-6,9-10,12H2,1-4H3,(H,20,24)/t14-/m0/s1. The number of carbonyl (C=O) groups is 2. The minimum Gasteiger partial charge on any atom is -0.337 e. The van der Waals surface area contributed by atoms with Gasteiger partial charge >= 0.3 is 0 Å². The molecule has 0 bridgehead atoms. The van der Waals surface area contributed by atoms with Crippen LogP contribution < -0.4 is 9.62 Å². The second kappa shape index (κ2) is 6.82. The van der Waals surface area contributed by atoms with Gasteiger partial charge in [0.1, 0.15) is 0 Å². The Kier molecular flexibility index (Phi) is 4.96. The van der Waals surface area contributed by atoms with Gasteiger partial charge in [0, 0.05) is 30.7 Å². The van der Waals surface area contributed by atoms with E-state index in [0.29, 0.717) is 24.5 Å². The first-order valence-electron chi connectivity index (χ1n) is 9.19. The van der Waals surface area contributed by atoms with Gasteiger partial charge in [-0.3, -0.25) is 13.9 Å². The van der Waals surface area contributed by atoms with Crippen LogP contribution in [0.25, 0.3) is 0 Å². The Balaban J connectivity index is 1.77. The Hall–Kier alpha value is -2.09. The van der Waals surface area contributed by atoms with E-state index in [0.717, 1.165) is 18.4 Å². The maximum Gasteiger partial charge on any atom is 0.232 e. The van der Waals surface area contributed by atoms with Crippen molar-refractivity contribution < 1.29 is 18.0 Å². The fourth-order valence-corrected chi connectivity index (χ4v) is 4.73. The molecule has 1 aromatic rings. The minimum atomic E-state index is -3.36. The zero-order valence-corrected chi connectivity index (χ0v) is 17.1. The number of hydrogen-bond acceptors (Lipinski definition) is 4. The van der Waals surface area contributed by atoms with Gasteiger partial charge in [-0.2, -0.15) is 0 Å². The molecule has 0 aromatic heterocycles. The van der Waals surface area contributed by atoms with Gasteiger partial charge in [-0.25, -0.2) is 8.42 Å². The quantitative estimate of drug-likeness (QED) is 0.851. The van der Waals surface area contributed by atoms with E-state index in [2.05, 4.69) is 5.32 Å². The maximum absolute atomic E-state index is 12.7. The Bertz CT molecular complexity index is 873. The van der Waals surface area contributed by atoms with Gasteiger partial charge in [0.25, 0.3) is 0 Å². The molecular formula is C19H27N3O4S. The summed E-state index contributed by atoms with van der Waals surface area (Å²) in [5.41, 5.74) is 1.82. The Morgan fingerprint density at radius 1 is 1.26 bits per heavy atom. The minimum absolute atomic E-state index is 0.0173. The van der Waals surface area contributed by atoms with Crippen LogP contribution in [-0.4, -0.2) is 50.0 Å². The van der Waals surface area contributed by atoms with Gasteiger partial charge in [-0.15, -0.1) is 0 Å². The van der Waals surface area contributed by atoms with Gasteiger partial charge in [0.15, 0.2) is 0 Å². The average Bonchev–Trinajstić information content (AvgIpc) is 2.95. The van der Waals surface area contributed by atoms with Gasteiger partial charge in [0.05, 0.1) is 17.9 Å². The fraction of sp³-hybridized carbons (Fsp3) is 0.579. The number of sulfonamides is 1. The lowest BCUT2D eigenvalue weighted by Gasteiger charge is -2.32. The fourth-order valence-electron chi connectivity index (χ4n) is 3.74. The third-order valence-corrected chi connectivity index (χ3v) is 6.31. The lowest BCUT2D eigenvalue weighted by Crippen LogP contribution is -2.42. The number of fused-ring (bicyclic) bond motifs is 1. The molecule has 1 saturated heterocycles. The van der Waals surface area contributed by atoms with Crippen LogP contribution in [0, 0.1) is 5.92 Å². The summed E-state index contributed by atoms with van der Waals surface area (Å²) in [6.45, 7) is 6.70. The first-order valence-corrected chi connectivity index (χ1v) is 11.0. The molecule has 3 rings (SSSR count). The highest BCUT2D eigenvalue weighted by atomic mass is 32.2. The van der Waals surface area contributed by atoms with E-state index in [1.165, 1.54) is 10.6 Å². The molecule has 148 valence electrons. The summed E-state index contributed by atoms with van der Waals surface area (Å²) < 4.78 is 25.5. The van der Waals surface area contributed by atoms with Crippen molar-refractivity contribution >= 4 is 33.2 Å². The number of hydrogen-bond donors (Lipinski definition) is 1. The number of anilines is 2. The molecule has 2 aliphatic rings. The normalized spacial score (nSPS) is 20.6. The zero-order valence-electron chi connectivity index (χ0n) is 16.3. The van der Waals surface area contributed by atoms with Crippen LogP contribution in [0.1, 0.15) is 39.2 Å². The van der Waals surface area contributed by atoms with Crippen molar-refractivity contribution in [1.29, 1.82) is 0 Å². The molecule has 7 nitrogen and oxygen atoms in total. The van der Waals surface area contributed by atoms with E-state index in [1.807, 2.05) is 26.8 Å². The van der Waals surface area contributed by atoms with E-state index >= 15 is 0 Å². The van der Waals surface area contributed by atoms with Crippen LogP contribution >= 0.6 is 0 Å². The summed E-state index contributed by atoms with van der Waals surface area (Å²) in [5, 5.41) is 2.86. The van der Waals surface area contributed by atoms with Crippen molar-refractivity contribution in [3.8, 4) is 0 Å². The molecule has 0 aliphatic carbocycles. The van der Waals surface area contributed by atoms with E-state index < -0.39 is 15.9 Å². The first kappa shape index (κ1) is 19.7. The van der Waals surface area contributed by atoms with Crippen LogP contribution in [0.15, 0.2) is 18.2 Å². The van der Waals surface area contributed by atoms with Crippen molar-refractivity contribution in [2.24, 2.45) is 5.92 Å². The molecule has 1 fully saturated rings. The number of aryl methyl sites for hydroxylation is 1. The predicted molar refractivity (Wildman–Crippen MR) is 105 cm³/mol. The first-order chi connectivity index (χ1) is 12.5. The SMILES string of the molecule is CC(C)(C)N1C[C@@H](C(=O)Nc2ccc3c(c2)N(S(C)(=O)=O)CCC3)CC1=O. The summed E-state index contributed by atoms with van der Waals surface area (Å²) in [6.07, 6.45) is 2.98. The molecule has 0 saturated carbocycles. The second-order valence-corrected chi connectivity index (χ2v) is 10.3. The van der Waals surface area contributed by atoms with Crippen LogP contribution in [-0.2, 0) is 26.0 Å². The molecule has 27 heavy (non-hydrogen) atoms. The molecule has 8 heteroatoms. The third kappa shape index (κ3) is 4.10. The number of rotatable bonds is 3. The smallest absolute Gasteiger partial charge is 0.232 e. The van der Waals surface area contributed by atoms with Crippen LogP contribution in [0.2, 0.25) is 0 Å². The summed E-state index contributed by atoms with van der Waals surface area (Å²) >= 11 is 0. The summed E-state index contributed by atoms with van der Waals surface area (Å²) in [5.74, 6) is -0.633. The highest BCUT2D eigenvalue weighted by Gasteiger charge is 2.39. The van der Waals surface area contributed by atoms with E-state index in [9.17, 15) is 18.0 Å². The third-order valence-electron chi connectivity index (χ3n) is 5.13. The van der Waals surface area contributed by atoms with E-state index in [-0.39, 0.29) is 23.8 Å². The highest BCUT2D eigenvalue weighted by molar-refractivity contribution is 7.92. The highest BCUT2D eigenvalue weighted by Crippen LogP contribution is 2.32. The van der Waals surface area contributed by atoms with Crippen molar-refractivity contribution in [2.75, 3.05) is 29.0 Å². The van der Waals surface area contributed by atoms with Crippen molar-refractivity contribution in [2.45, 2.75) is 45.6 Å². The van der Waals surface area contributed by atoms with E-state index in [1.54, 1.807) is 17.0 Å². The molecule has 1 atom stereocenters. The number of benzene rings is 1. The summed E-state index contributed by atoms with van der Waals surface area (Å²) in [6, 6.07) is 5.37. The maximum atomic E-state index is 12.7. The molecule has 1 aromatic carbocycles. The molecule has 0 radical (unpaired) electrons. The number of nitrogens with zero attached hydrogens (tertiary/aromatic N) is 2. The predicted octanol–water partition coefficient (Wildman–Crippen LogP) is 1.98. The summed E-state index contributed by atoms with van der Waals surface area (Å²) in [4.78, 5) is 26.6. The van der Waals surface area contributed by atoms with Gasteiger partial charge in [0.2, 0.25) is 21.8 Å². The molecule has 1 N–H and O–H groups in total. The number of carbonyl (C=O) groups excluding carboxylic acids is 2. The molecule has 2 amide bonds. The van der Waals surface area contributed by atoms with Gasteiger partial charge in [-0.05, 0) is 51.3 Å². The van der Waals surface area contributed by atoms with Crippen molar-refractivity contribution in [1.82, 2.24) is 4.90 Å². The Morgan fingerprint density at radius 3 is 2.56 bits per heavy atom. The molecule has 2 aliphatic heterocycles. The molecular weight excluding hydrogens is 366 g/mol. The number of likely N-dealkylation sites (tertiary alicyclic amines) is 1. The molecule has 2 heterocycles. The van der Waals surface area contributed by atoms with Crippen LogP contribution in [0.4, 0.5) is 11.4 Å². The lowest BCUT2D eigenvalue weighted by molar-refractivity contribution is -0.131. The van der Waals surface area contributed by atoms with Gasteiger partial charge in [-0.1, -0.05) is 6.07 Å². The number of amides is 2. The molecule has 0 spiro atoms. The van der Waals surface area contributed by atoms with Crippen molar-refractivity contribution in [3.63, 3.8) is 0 Å². The molecule has 0 unspecified atom stereocenters. The van der Waals surface area contributed by atoms with Crippen LogP contribution in [0.3, 0.4) is 0 Å². The van der Waals surface area contributed by atoms with Crippen LogP contribution in [0.5, 0.6) is 0 Å². The topological polar surface area (TPSA) is 86.8 Å². The zero-order chi connectivity index (χ0) is 20.0. The lowest BCUT2D eigenvalue weighted by atomic mass is 10.0. The average molecular weight is 394 g/mol. The Labute approximate surface area is 160 Å².